The number of aromatic nitrogens is 1. The van der Waals surface area contributed by atoms with Crippen LogP contribution in [0, 0.1) is 6.92 Å². The number of nitrogens with zero attached hydrogens (tertiary/aromatic N) is 2. The summed E-state index contributed by atoms with van der Waals surface area (Å²) in [6, 6.07) is 6.49. The highest BCUT2D eigenvalue weighted by molar-refractivity contribution is 5.91. The average Bonchev–Trinajstić information content (AvgIpc) is 3.22. The first-order valence-corrected chi connectivity index (χ1v) is 9.39. The summed E-state index contributed by atoms with van der Waals surface area (Å²) in [5.74, 6) is 0.204. The number of hydrogen-bond acceptors (Lipinski definition) is 3. The summed E-state index contributed by atoms with van der Waals surface area (Å²) < 4.78 is 0. The number of H-pyrrole nitrogens is 1. The lowest BCUT2D eigenvalue weighted by Gasteiger charge is -2.39. The van der Waals surface area contributed by atoms with E-state index in [-0.39, 0.29) is 12.0 Å². The highest BCUT2D eigenvalue weighted by atomic mass is 16.3. The SMILES string of the molecule is Cc1cccc2[nH]cc(CC(=O)N3CCN([C@H]4CCC[C@H]4O)CC3)c12. The number of carbonyl (C=O) groups is 1. The van der Waals surface area contributed by atoms with E-state index >= 15 is 0 Å². The zero-order chi connectivity index (χ0) is 17.4. The van der Waals surface area contributed by atoms with Gasteiger partial charge in [0.05, 0.1) is 12.5 Å². The Hall–Kier alpha value is -1.85. The number of carbonyl (C=O) groups excluding carboxylic acids is 1. The zero-order valence-corrected chi connectivity index (χ0v) is 14.9. The largest absolute Gasteiger partial charge is 0.391 e. The second-order valence-electron chi connectivity index (χ2n) is 7.47. The lowest BCUT2D eigenvalue weighted by Crippen LogP contribution is -2.53. The summed E-state index contributed by atoms with van der Waals surface area (Å²) >= 11 is 0. The van der Waals surface area contributed by atoms with Crippen molar-refractivity contribution in [1.82, 2.24) is 14.8 Å². The molecule has 0 unspecified atom stereocenters. The first-order valence-electron chi connectivity index (χ1n) is 9.39. The molecule has 2 fully saturated rings. The molecule has 2 aromatic rings. The van der Waals surface area contributed by atoms with Crippen molar-refractivity contribution < 1.29 is 9.90 Å². The van der Waals surface area contributed by atoms with Gasteiger partial charge in [-0.3, -0.25) is 9.69 Å². The Bertz CT molecular complexity index is 761. The maximum Gasteiger partial charge on any atom is 0.227 e. The van der Waals surface area contributed by atoms with Gasteiger partial charge >= 0.3 is 0 Å². The Morgan fingerprint density at radius 2 is 2.04 bits per heavy atom. The molecule has 2 atom stereocenters. The van der Waals surface area contributed by atoms with E-state index in [1.54, 1.807) is 0 Å². The van der Waals surface area contributed by atoms with E-state index in [1.165, 1.54) is 10.9 Å². The normalized spacial score (nSPS) is 25.0. The van der Waals surface area contributed by atoms with Gasteiger partial charge in [-0.05, 0) is 43.4 Å². The van der Waals surface area contributed by atoms with Crippen LogP contribution in [0.2, 0.25) is 0 Å². The molecule has 1 aliphatic heterocycles. The maximum absolute atomic E-state index is 12.8. The van der Waals surface area contributed by atoms with E-state index in [9.17, 15) is 9.90 Å². The van der Waals surface area contributed by atoms with Gasteiger partial charge in [-0.1, -0.05) is 12.1 Å². The predicted molar refractivity (Wildman–Crippen MR) is 98.5 cm³/mol. The predicted octanol–water partition coefficient (Wildman–Crippen LogP) is 2.08. The second kappa shape index (κ2) is 6.81. The van der Waals surface area contributed by atoms with Gasteiger partial charge < -0.3 is 15.0 Å². The molecule has 4 rings (SSSR count). The Labute approximate surface area is 148 Å². The third kappa shape index (κ3) is 3.18. The number of aliphatic hydroxyl groups excluding tert-OH is 1. The molecule has 1 aromatic heterocycles. The lowest BCUT2D eigenvalue weighted by atomic mass is 10.0. The molecule has 5 heteroatoms. The monoisotopic (exact) mass is 341 g/mol. The summed E-state index contributed by atoms with van der Waals surface area (Å²) in [5, 5.41) is 11.3. The molecule has 5 nitrogen and oxygen atoms in total. The van der Waals surface area contributed by atoms with E-state index < -0.39 is 0 Å². The number of piperazine rings is 1. The molecule has 1 aliphatic carbocycles. The molecule has 25 heavy (non-hydrogen) atoms. The van der Waals surface area contributed by atoms with Gasteiger partial charge in [0.2, 0.25) is 5.91 Å². The van der Waals surface area contributed by atoms with Crippen LogP contribution in [0.25, 0.3) is 10.9 Å². The molecule has 1 amide bonds. The van der Waals surface area contributed by atoms with Crippen LogP contribution in [0.15, 0.2) is 24.4 Å². The summed E-state index contributed by atoms with van der Waals surface area (Å²) in [6.07, 6.45) is 5.37. The smallest absolute Gasteiger partial charge is 0.227 e. The second-order valence-corrected chi connectivity index (χ2v) is 7.47. The van der Waals surface area contributed by atoms with Crippen molar-refractivity contribution in [2.45, 2.75) is 44.8 Å². The number of benzene rings is 1. The fourth-order valence-electron chi connectivity index (χ4n) is 4.52. The molecule has 0 radical (unpaired) electrons. The number of hydrogen-bond donors (Lipinski definition) is 2. The van der Waals surface area contributed by atoms with Crippen LogP contribution in [0.5, 0.6) is 0 Å². The lowest BCUT2D eigenvalue weighted by molar-refractivity contribution is -0.132. The van der Waals surface area contributed by atoms with E-state index in [0.717, 1.165) is 56.5 Å². The Kier molecular flexibility index (Phi) is 4.52. The van der Waals surface area contributed by atoms with Crippen LogP contribution in [-0.4, -0.2) is 64.1 Å². The molecule has 2 heterocycles. The van der Waals surface area contributed by atoms with Gasteiger partial charge in [0.15, 0.2) is 0 Å². The minimum atomic E-state index is -0.184. The van der Waals surface area contributed by atoms with Crippen LogP contribution in [-0.2, 0) is 11.2 Å². The van der Waals surface area contributed by atoms with Gasteiger partial charge in [-0.2, -0.15) is 0 Å². The zero-order valence-electron chi connectivity index (χ0n) is 14.9. The Morgan fingerprint density at radius 3 is 2.76 bits per heavy atom. The maximum atomic E-state index is 12.8. The van der Waals surface area contributed by atoms with Crippen molar-refractivity contribution in [1.29, 1.82) is 0 Å². The highest BCUT2D eigenvalue weighted by Crippen LogP contribution is 2.26. The molecule has 1 saturated heterocycles. The molecule has 134 valence electrons. The molecule has 2 aliphatic rings. The molecule has 1 saturated carbocycles. The fourth-order valence-corrected chi connectivity index (χ4v) is 4.52. The van der Waals surface area contributed by atoms with Crippen molar-refractivity contribution in [2.24, 2.45) is 0 Å². The number of fused-ring (bicyclic) bond motifs is 1. The van der Waals surface area contributed by atoms with Gasteiger partial charge in [-0.15, -0.1) is 0 Å². The molecular formula is C20H27N3O2. The quantitative estimate of drug-likeness (QED) is 0.899. The van der Waals surface area contributed by atoms with E-state index in [2.05, 4.69) is 28.9 Å². The van der Waals surface area contributed by atoms with Gasteiger partial charge in [0.25, 0.3) is 0 Å². The number of rotatable bonds is 3. The third-order valence-electron chi connectivity index (χ3n) is 5.92. The van der Waals surface area contributed by atoms with Gasteiger partial charge in [-0.25, -0.2) is 0 Å². The van der Waals surface area contributed by atoms with Crippen LogP contribution in [0.4, 0.5) is 0 Å². The minimum absolute atomic E-state index is 0.184. The first kappa shape index (κ1) is 16.6. The molecular weight excluding hydrogens is 314 g/mol. The number of amides is 1. The Morgan fingerprint density at radius 1 is 1.24 bits per heavy atom. The van der Waals surface area contributed by atoms with Crippen LogP contribution in [0.1, 0.15) is 30.4 Å². The van der Waals surface area contributed by atoms with E-state index in [4.69, 9.17) is 0 Å². The van der Waals surface area contributed by atoms with Crippen molar-refractivity contribution in [3.05, 3.63) is 35.5 Å². The first-order chi connectivity index (χ1) is 12.1. The summed E-state index contributed by atoms with van der Waals surface area (Å²) in [7, 11) is 0. The van der Waals surface area contributed by atoms with Crippen molar-refractivity contribution >= 4 is 16.8 Å². The van der Waals surface area contributed by atoms with Gasteiger partial charge in [0.1, 0.15) is 0 Å². The number of aryl methyl sites for hydroxylation is 1. The highest BCUT2D eigenvalue weighted by Gasteiger charge is 2.33. The van der Waals surface area contributed by atoms with E-state index in [0.29, 0.717) is 12.5 Å². The van der Waals surface area contributed by atoms with Gasteiger partial charge in [0, 0.05) is 49.3 Å². The van der Waals surface area contributed by atoms with Crippen LogP contribution >= 0.6 is 0 Å². The summed E-state index contributed by atoms with van der Waals surface area (Å²) in [6.45, 7) is 5.38. The Balaban J connectivity index is 1.39. The molecule has 0 spiro atoms. The molecule has 0 bridgehead atoms. The molecule has 2 N–H and O–H groups in total. The average molecular weight is 341 g/mol. The third-order valence-corrected chi connectivity index (χ3v) is 5.92. The minimum Gasteiger partial charge on any atom is -0.391 e. The van der Waals surface area contributed by atoms with Crippen LogP contribution < -0.4 is 0 Å². The van der Waals surface area contributed by atoms with Crippen molar-refractivity contribution in [3.63, 3.8) is 0 Å². The fraction of sp³-hybridized carbons (Fsp3) is 0.550. The summed E-state index contributed by atoms with van der Waals surface area (Å²) in [4.78, 5) is 20.4. The number of aromatic amines is 1. The van der Waals surface area contributed by atoms with E-state index in [1.807, 2.05) is 17.2 Å². The number of aliphatic hydroxyl groups is 1. The van der Waals surface area contributed by atoms with Crippen molar-refractivity contribution in [3.8, 4) is 0 Å². The standard InChI is InChI=1S/C20H27N3O2/c1-14-4-2-5-16-20(14)15(13-21-16)12-19(25)23-10-8-22(9-11-23)17-6-3-7-18(17)24/h2,4-5,13,17-18,21,24H,3,6-12H2,1H3/t17-,18+/m0/s1. The number of nitrogens with one attached hydrogen (secondary N) is 1. The molecule has 1 aromatic carbocycles. The summed E-state index contributed by atoms with van der Waals surface area (Å²) in [5.41, 5.74) is 3.40. The van der Waals surface area contributed by atoms with Crippen LogP contribution in [0.3, 0.4) is 0 Å². The van der Waals surface area contributed by atoms with Crippen molar-refractivity contribution in [2.75, 3.05) is 26.2 Å². The topological polar surface area (TPSA) is 59.6 Å².